The molecule has 2 aliphatic heterocycles. The van der Waals surface area contributed by atoms with E-state index in [1.165, 1.54) is 34.9 Å². The maximum atomic E-state index is 14.6. The third kappa shape index (κ3) is 5.61. The molecular formula is C32H28Cl2N4O6S. The zero-order valence-electron chi connectivity index (χ0n) is 24.0. The van der Waals surface area contributed by atoms with Gasteiger partial charge in [-0.25, -0.2) is 17.5 Å². The van der Waals surface area contributed by atoms with Crippen LogP contribution >= 0.6 is 23.2 Å². The topological polar surface area (TPSA) is 120 Å². The van der Waals surface area contributed by atoms with E-state index in [2.05, 4.69) is 4.90 Å². The van der Waals surface area contributed by atoms with Crippen molar-refractivity contribution in [3.05, 3.63) is 128 Å². The number of carbonyl (C=O) groups is 2. The minimum absolute atomic E-state index is 0.0237. The van der Waals surface area contributed by atoms with Crippen LogP contribution in [0.15, 0.2) is 94.6 Å². The van der Waals surface area contributed by atoms with E-state index >= 15 is 0 Å². The Bertz CT molecular complexity index is 1960. The molecule has 232 valence electrons. The molecule has 0 saturated carbocycles. The third-order valence-electron chi connectivity index (χ3n) is 8.23. The summed E-state index contributed by atoms with van der Waals surface area (Å²) < 4.78 is 31.6. The molecule has 1 saturated heterocycles. The van der Waals surface area contributed by atoms with Gasteiger partial charge in [0.15, 0.2) is 0 Å². The second-order valence-electron chi connectivity index (χ2n) is 11.0. The number of amides is 1. The predicted octanol–water partition coefficient (Wildman–Crippen LogP) is 4.78. The van der Waals surface area contributed by atoms with E-state index in [1.807, 2.05) is 7.05 Å². The van der Waals surface area contributed by atoms with Gasteiger partial charge in [0.05, 0.1) is 22.5 Å². The van der Waals surface area contributed by atoms with Gasteiger partial charge in [0, 0.05) is 36.2 Å². The summed E-state index contributed by atoms with van der Waals surface area (Å²) in [5.41, 5.74) is 0.158. The summed E-state index contributed by atoms with van der Waals surface area (Å²) in [6.45, 7) is 2.22. The monoisotopic (exact) mass is 666 g/mol. The van der Waals surface area contributed by atoms with Crippen LogP contribution < -0.4 is 9.86 Å². The van der Waals surface area contributed by atoms with Gasteiger partial charge in [-0.1, -0.05) is 53.5 Å². The number of hydrogen-bond donors (Lipinski definition) is 1. The van der Waals surface area contributed by atoms with Crippen molar-refractivity contribution in [2.24, 2.45) is 0 Å². The van der Waals surface area contributed by atoms with Crippen molar-refractivity contribution in [1.82, 2.24) is 14.4 Å². The number of pyridine rings is 1. The Labute approximate surface area is 269 Å². The number of carboxylic acid groups (broad SMARTS) is 1. The van der Waals surface area contributed by atoms with Gasteiger partial charge >= 0.3 is 5.97 Å². The molecular weight excluding hydrogens is 639 g/mol. The first kappa shape index (κ1) is 30.8. The van der Waals surface area contributed by atoms with Crippen molar-refractivity contribution in [3.63, 3.8) is 0 Å². The first-order valence-electron chi connectivity index (χ1n) is 14.1. The number of aromatic nitrogens is 1. The summed E-state index contributed by atoms with van der Waals surface area (Å²) in [6, 6.07) is 19.2. The van der Waals surface area contributed by atoms with Gasteiger partial charge in [0.1, 0.15) is 11.4 Å². The van der Waals surface area contributed by atoms with E-state index in [1.54, 1.807) is 53.4 Å². The highest BCUT2D eigenvalue weighted by Gasteiger charge is 2.48. The molecule has 6 rings (SSSR count). The van der Waals surface area contributed by atoms with Crippen LogP contribution in [0.1, 0.15) is 43.9 Å². The van der Waals surface area contributed by atoms with Crippen molar-refractivity contribution >= 4 is 50.9 Å². The number of hydrogen-bond acceptors (Lipinski definition) is 6. The van der Waals surface area contributed by atoms with Crippen LogP contribution in [0.5, 0.6) is 0 Å². The van der Waals surface area contributed by atoms with E-state index in [4.69, 9.17) is 23.2 Å². The Kier molecular flexibility index (Phi) is 8.21. The molecule has 4 aromatic rings. The van der Waals surface area contributed by atoms with Gasteiger partial charge in [-0.15, -0.1) is 0 Å². The zero-order chi connectivity index (χ0) is 32.0. The molecule has 13 heteroatoms. The van der Waals surface area contributed by atoms with Crippen molar-refractivity contribution in [2.45, 2.75) is 17.0 Å². The first-order valence-corrected chi connectivity index (χ1v) is 16.3. The molecule has 2 atom stereocenters. The summed E-state index contributed by atoms with van der Waals surface area (Å²) in [6.07, 6.45) is 0. The number of halogens is 2. The molecule has 1 fully saturated rings. The molecule has 10 nitrogen and oxygen atoms in total. The Morgan fingerprint density at radius 2 is 1.38 bits per heavy atom. The summed E-state index contributed by atoms with van der Waals surface area (Å²) in [5.74, 6) is -1.70. The fourth-order valence-corrected chi connectivity index (χ4v) is 7.83. The van der Waals surface area contributed by atoms with E-state index in [0.717, 1.165) is 10.4 Å². The van der Waals surface area contributed by atoms with Crippen LogP contribution in [0, 0.1) is 0 Å². The lowest BCUT2D eigenvalue weighted by Gasteiger charge is -2.32. The summed E-state index contributed by atoms with van der Waals surface area (Å²) in [5, 5.41) is 10.5. The molecule has 2 aliphatic rings. The van der Waals surface area contributed by atoms with E-state index in [-0.39, 0.29) is 21.8 Å². The molecule has 0 spiro atoms. The lowest BCUT2D eigenvalue weighted by atomic mass is 9.94. The van der Waals surface area contributed by atoms with E-state index < -0.39 is 39.5 Å². The van der Waals surface area contributed by atoms with Gasteiger partial charge in [0.2, 0.25) is 0 Å². The average Bonchev–Trinajstić information content (AvgIpc) is 3.39. The number of carboxylic acids is 1. The third-order valence-corrected chi connectivity index (χ3v) is 10.5. The highest BCUT2D eigenvalue weighted by atomic mass is 35.5. The van der Waals surface area contributed by atoms with Crippen molar-refractivity contribution in [2.75, 3.05) is 37.5 Å². The number of sulfonamides is 1. The number of fused-ring (bicyclic) bond motifs is 1. The lowest BCUT2D eigenvalue weighted by molar-refractivity contribution is 0.0659. The van der Waals surface area contributed by atoms with Crippen LogP contribution in [0.25, 0.3) is 0 Å². The molecule has 1 amide bonds. The number of aromatic carboxylic acids is 1. The van der Waals surface area contributed by atoms with Gasteiger partial charge in [-0.3, -0.25) is 14.2 Å². The van der Waals surface area contributed by atoms with Crippen molar-refractivity contribution < 1.29 is 23.1 Å². The number of nitrogens with zero attached hydrogens (tertiary/aromatic N) is 4. The number of anilines is 1. The molecule has 45 heavy (non-hydrogen) atoms. The molecule has 0 aliphatic carbocycles. The highest BCUT2D eigenvalue weighted by molar-refractivity contribution is 7.92. The van der Waals surface area contributed by atoms with Crippen LogP contribution in [0.4, 0.5) is 5.82 Å². The summed E-state index contributed by atoms with van der Waals surface area (Å²) >= 11 is 12.4. The molecule has 3 heterocycles. The Balaban J connectivity index is 1.60. The highest BCUT2D eigenvalue weighted by Crippen LogP contribution is 2.49. The number of benzene rings is 3. The standard InChI is InChI=1S/C32H28Cl2N4O6S/c1-35-15-17-36(18-16-35)30(39)26-13-14-27-37(31(26)40)28(20-5-9-23(33)10-6-20)29(21-7-11-24(34)12-8-21)38(27)45(43,44)25-4-2-3-22(19-25)32(41)42/h2-14,19,28-29H,15-18H2,1H3,(H,41,42)/t28-,29+/m0/s1. The summed E-state index contributed by atoms with van der Waals surface area (Å²) in [7, 11) is -2.53. The first-order chi connectivity index (χ1) is 21.5. The van der Waals surface area contributed by atoms with Crippen LogP contribution in [-0.2, 0) is 10.0 Å². The quantitative estimate of drug-likeness (QED) is 0.314. The Morgan fingerprint density at radius 1 is 0.800 bits per heavy atom. The number of carbonyl (C=O) groups excluding carboxylic acids is 1. The molecule has 1 aromatic heterocycles. The number of likely N-dealkylation sites (N-methyl/N-ethyl adjacent to an activating group) is 1. The van der Waals surface area contributed by atoms with Gasteiger partial charge in [-0.2, -0.15) is 0 Å². The molecule has 0 unspecified atom stereocenters. The largest absolute Gasteiger partial charge is 0.478 e. The van der Waals surface area contributed by atoms with Gasteiger partial charge in [0.25, 0.3) is 21.5 Å². The molecule has 3 aromatic carbocycles. The average molecular weight is 668 g/mol. The minimum Gasteiger partial charge on any atom is -0.478 e. The molecule has 0 bridgehead atoms. The second-order valence-corrected chi connectivity index (χ2v) is 13.7. The smallest absolute Gasteiger partial charge is 0.335 e. The van der Waals surface area contributed by atoms with Gasteiger partial charge in [-0.05, 0) is 72.8 Å². The SMILES string of the molecule is CN1CCN(C(=O)c2ccc3n(c2=O)[C@@H](c2ccc(Cl)cc2)[C@@H](c2ccc(Cl)cc2)N3S(=O)(=O)c2cccc(C(=O)O)c2)CC1. The normalized spacial score (nSPS) is 18.6. The van der Waals surface area contributed by atoms with Crippen molar-refractivity contribution in [3.8, 4) is 0 Å². The predicted molar refractivity (Wildman–Crippen MR) is 171 cm³/mol. The summed E-state index contributed by atoms with van der Waals surface area (Å²) in [4.78, 5) is 43.3. The minimum atomic E-state index is -4.49. The van der Waals surface area contributed by atoms with E-state index in [0.29, 0.717) is 47.4 Å². The van der Waals surface area contributed by atoms with Crippen LogP contribution in [0.3, 0.4) is 0 Å². The second kappa shape index (κ2) is 12.0. The van der Waals surface area contributed by atoms with Crippen LogP contribution in [0.2, 0.25) is 10.0 Å². The van der Waals surface area contributed by atoms with Gasteiger partial charge < -0.3 is 14.9 Å². The Hall–Kier alpha value is -4.16. The van der Waals surface area contributed by atoms with Crippen molar-refractivity contribution in [1.29, 1.82) is 0 Å². The Morgan fingerprint density at radius 3 is 1.96 bits per heavy atom. The molecule has 0 radical (unpaired) electrons. The lowest BCUT2D eigenvalue weighted by Crippen LogP contribution is -2.48. The maximum Gasteiger partial charge on any atom is 0.335 e. The van der Waals surface area contributed by atoms with E-state index in [9.17, 15) is 27.9 Å². The zero-order valence-corrected chi connectivity index (χ0v) is 26.3. The fraction of sp³-hybridized carbons (Fsp3) is 0.219. The number of rotatable bonds is 6. The maximum absolute atomic E-state index is 14.6. The fourth-order valence-electron chi connectivity index (χ4n) is 5.89. The van der Waals surface area contributed by atoms with Crippen LogP contribution in [-0.4, -0.2) is 73.0 Å². The number of piperazine rings is 1. The molecule has 1 N–H and O–H groups in total.